The monoisotopic (exact) mass is 273 g/mol. The molecule has 0 bridgehead atoms. The summed E-state index contributed by atoms with van der Waals surface area (Å²) in [5, 5.41) is 3.14. The summed E-state index contributed by atoms with van der Waals surface area (Å²) < 4.78 is 37.9. The van der Waals surface area contributed by atoms with Gasteiger partial charge in [-0.05, 0) is 44.5 Å². The molecule has 0 spiro atoms. The fourth-order valence-corrected chi connectivity index (χ4v) is 2.42. The molecule has 0 atom stereocenters. The number of alkyl halides is 3. The van der Waals surface area contributed by atoms with Crippen molar-refractivity contribution in [3.63, 3.8) is 0 Å². The van der Waals surface area contributed by atoms with Crippen LogP contribution in [0.4, 0.5) is 19.0 Å². The lowest BCUT2D eigenvalue weighted by Crippen LogP contribution is -2.37. The summed E-state index contributed by atoms with van der Waals surface area (Å²) in [6, 6.07) is 2.15. The van der Waals surface area contributed by atoms with Crippen molar-refractivity contribution in [1.29, 1.82) is 0 Å². The van der Waals surface area contributed by atoms with E-state index in [1.165, 1.54) is 6.20 Å². The molecule has 0 aliphatic carbocycles. The van der Waals surface area contributed by atoms with E-state index in [4.69, 9.17) is 0 Å². The molecule has 1 saturated heterocycles. The van der Waals surface area contributed by atoms with Crippen LogP contribution in [0.2, 0.25) is 0 Å². The zero-order chi connectivity index (χ0) is 13.9. The molecule has 0 aromatic carbocycles. The molecular formula is C13H18F3N3. The van der Waals surface area contributed by atoms with Crippen LogP contribution >= 0.6 is 0 Å². The van der Waals surface area contributed by atoms with Gasteiger partial charge >= 0.3 is 6.18 Å². The molecule has 0 saturated carbocycles. The van der Waals surface area contributed by atoms with Crippen LogP contribution in [0.15, 0.2) is 18.3 Å². The summed E-state index contributed by atoms with van der Waals surface area (Å²) in [4.78, 5) is 5.99. The van der Waals surface area contributed by atoms with Gasteiger partial charge in [-0.15, -0.1) is 0 Å². The minimum atomic E-state index is -4.30. The van der Waals surface area contributed by atoms with E-state index < -0.39 is 11.7 Å². The summed E-state index contributed by atoms with van der Waals surface area (Å²) in [6.07, 6.45) is -1.10. The number of aromatic nitrogens is 1. The molecule has 2 heterocycles. The van der Waals surface area contributed by atoms with Crippen LogP contribution in [-0.4, -0.2) is 31.7 Å². The van der Waals surface area contributed by atoms with Gasteiger partial charge in [-0.25, -0.2) is 4.98 Å². The molecule has 3 nitrogen and oxygen atoms in total. The molecule has 1 aromatic heterocycles. The number of nitrogens with one attached hydrogen (secondary N) is 1. The number of pyridine rings is 1. The Hall–Kier alpha value is -1.30. The second kappa shape index (κ2) is 5.77. The van der Waals surface area contributed by atoms with Gasteiger partial charge in [0.1, 0.15) is 5.82 Å². The van der Waals surface area contributed by atoms with Gasteiger partial charge < -0.3 is 10.2 Å². The summed E-state index contributed by atoms with van der Waals surface area (Å²) in [5.74, 6) is 1.03. The average molecular weight is 273 g/mol. The molecule has 1 N–H and O–H groups in total. The SMILES string of the molecule is CNCC1CCN(c2cc(C(F)(F)F)ccn2)CC1. The molecule has 0 amide bonds. The molecule has 1 aliphatic rings. The molecule has 0 radical (unpaired) electrons. The third-order valence-electron chi connectivity index (χ3n) is 3.50. The van der Waals surface area contributed by atoms with E-state index in [0.29, 0.717) is 11.7 Å². The van der Waals surface area contributed by atoms with Crippen molar-refractivity contribution >= 4 is 5.82 Å². The zero-order valence-corrected chi connectivity index (χ0v) is 10.9. The summed E-state index contributed by atoms with van der Waals surface area (Å²) in [6.45, 7) is 2.49. The molecule has 0 unspecified atom stereocenters. The largest absolute Gasteiger partial charge is 0.416 e. The van der Waals surface area contributed by atoms with Crippen molar-refractivity contribution in [2.24, 2.45) is 5.92 Å². The van der Waals surface area contributed by atoms with Gasteiger partial charge in [0, 0.05) is 19.3 Å². The van der Waals surface area contributed by atoms with Crippen LogP contribution < -0.4 is 10.2 Å². The van der Waals surface area contributed by atoms with Crippen molar-refractivity contribution < 1.29 is 13.2 Å². The fourth-order valence-electron chi connectivity index (χ4n) is 2.42. The molecule has 106 valence electrons. The van der Waals surface area contributed by atoms with Gasteiger partial charge in [0.15, 0.2) is 0 Å². The Kier molecular flexibility index (Phi) is 4.29. The maximum Gasteiger partial charge on any atom is 0.416 e. The van der Waals surface area contributed by atoms with Gasteiger partial charge in [-0.3, -0.25) is 0 Å². The van der Waals surface area contributed by atoms with Gasteiger partial charge in [0.05, 0.1) is 5.56 Å². The van der Waals surface area contributed by atoms with Crippen LogP contribution in [-0.2, 0) is 6.18 Å². The topological polar surface area (TPSA) is 28.2 Å². The Morgan fingerprint density at radius 1 is 1.37 bits per heavy atom. The van der Waals surface area contributed by atoms with Crippen LogP contribution in [0.5, 0.6) is 0 Å². The van der Waals surface area contributed by atoms with Gasteiger partial charge in [-0.2, -0.15) is 13.2 Å². The summed E-state index contributed by atoms with van der Waals surface area (Å²) in [7, 11) is 1.92. The van der Waals surface area contributed by atoms with Gasteiger partial charge in [-0.1, -0.05) is 0 Å². The van der Waals surface area contributed by atoms with E-state index in [9.17, 15) is 13.2 Å². The Morgan fingerprint density at radius 2 is 2.05 bits per heavy atom. The second-order valence-corrected chi connectivity index (χ2v) is 4.89. The quantitative estimate of drug-likeness (QED) is 0.917. The van der Waals surface area contributed by atoms with Crippen LogP contribution in [0.3, 0.4) is 0 Å². The predicted molar refractivity (Wildman–Crippen MR) is 68.1 cm³/mol. The first-order valence-electron chi connectivity index (χ1n) is 6.43. The average Bonchev–Trinajstić information content (AvgIpc) is 2.39. The predicted octanol–water partition coefficient (Wildman–Crippen LogP) is 2.54. The molecule has 19 heavy (non-hydrogen) atoms. The lowest BCUT2D eigenvalue weighted by molar-refractivity contribution is -0.137. The van der Waals surface area contributed by atoms with E-state index in [-0.39, 0.29) is 0 Å². The highest BCUT2D eigenvalue weighted by Crippen LogP contribution is 2.31. The van der Waals surface area contributed by atoms with E-state index in [2.05, 4.69) is 10.3 Å². The highest BCUT2D eigenvalue weighted by Gasteiger charge is 2.31. The highest BCUT2D eigenvalue weighted by atomic mass is 19.4. The van der Waals surface area contributed by atoms with Gasteiger partial charge in [0.25, 0.3) is 0 Å². The van der Waals surface area contributed by atoms with E-state index in [1.807, 2.05) is 11.9 Å². The summed E-state index contributed by atoms with van der Waals surface area (Å²) in [5.41, 5.74) is -0.630. The maximum absolute atomic E-state index is 12.6. The first kappa shape index (κ1) is 14.1. The van der Waals surface area contributed by atoms with Crippen LogP contribution in [0, 0.1) is 5.92 Å². The van der Waals surface area contributed by atoms with Crippen molar-refractivity contribution in [3.05, 3.63) is 23.9 Å². The normalized spacial score (nSPS) is 17.8. The number of nitrogens with zero attached hydrogens (tertiary/aromatic N) is 2. The van der Waals surface area contributed by atoms with Crippen molar-refractivity contribution in [3.8, 4) is 0 Å². The smallest absolute Gasteiger partial charge is 0.357 e. The van der Waals surface area contributed by atoms with Crippen molar-refractivity contribution in [1.82, 2.24) is 10.3 Å². The minimum absolute atomic E-state index is 0.428. The molecular weight excluding hydrogens is 255 g/mol. The van der Waals surface area contributed by atoms with Gasteiger partial charge in [0.2, 0.25) is 0 Å². The fraction of sp³-hybridized carbons (Fsp3) is 0.615. The Labute approximate surface area is 110 Å². The van der Waals surface area contributed by atoms with Crippen molar-refractivity contribution in [2.45, 2.75) is 19.0 Å². The highest BCUT2D eigenvalue weighted by molar-refractivity contribution is 5.42. The number of piperidine rings is 1. The number of halogens is 3. The van der Waals surface area contributed by atoms with Crippen LogP contribution in [0.1, 0.15) is 18.4 Å². The Bertz CT molecular complexity index is 412. The molecule has 1 fully saturated rings. The summed E-state index contributed by atoms with van der Waals surface area (Å²) >= 11 is 0. The number of hydrogen-bond donors (Lipinski definition) is 1. The second-order valence-electron chi connectivity index (χ2n) is 4.89. The molecule has 1 aliphatic heterocycles. The van der Waals surface area contributed by atoms with Crippen LogP contribution in [0.25, 0.3) is 0 Å². The number of rotatable bonds is 3. The molecule has 1 aromatic rings. The Balaban J connectivity index is 2.03. The third kappa shape index (κ3) is 3.59. The molecule has 6 heteroatoms. The van der Waals surface area contributed by atoms with E-state index in [0.717, 1.165) is 44.6 Å². The number of anilines is 1. The maximum atomic E-state index is 12.6. The third-order valence-corrected chi connectivity index (χ3v) is 3.50. The Morgan fingerprint density at radius 3 is 2.63 bits per heavy atom. The lowest BCUT2D eigenvalue weighted by Gasteiger charge is -2.33. The standard InChI is InChI=1S/C13H18F3N3/c1-17-9-10-3-6-19(7-4-10)12-8-11(2-5-18-12)13(14,15)16/h2,5,8,10,17H,3-4,6-7,9H2,1H3. The molecule has 2 rings (SSSR count). The van der Waals surface area contributed by atoms with Crippen molar-refractivity contribution in [2.75, 3.05) is 31.6 Å². The van der Waals surface area contributed by atoms with E-state index in [1.54, 1.807) is 0 Å². The number of hydrogen-bond acceptors (Lipinski definition) is 3. The first-order chi connectivity index (χ1) is 9.00. The lowest BCUT2D eigenvalue weighted by atomic mass is 9.97. The minimum Gasteiger partial charge on any atom is -0.357 e. The first-order valence-corrected chi connectivity index (χ1v) is 6.43. The zero-order valence-electron chi connectivity index (χ0n) is 10.9. The van der Waals surface area contributed by atoms with E-state index >= 15 is 0 Å².